The number of nitro benzene ring substituents is 1. The zero-order valence-corrected chi connectivity index (χ0v) is 14.5. The van der Waals surface area contributed by atoms with Crippen molar-refractivity contribution < 1.29 is 9.66 Å². The number of nitrogens with zero attached hydrogens (tertiary/aromatic N) is 4. The SMILES string of the molecule is COc1ccccc1-n1cnnc1S[C@H](C)c1cccc([N+](=O)[O-])c1. The number of thioether (sulfide) groups is 1. The minimum absolute atomic E-state index is 0.0300. The lowest BCUT2D eigenvalue weighted by Gasteiger charge is -2.14. The van der Waals surface area contributed by atoms with E-state index in [9.17, 15) is 10.1 Å². The maximum absolute atomic E-state index is 11.0. The Morgan fingerprint density at radius 1 is 1.24 bits per heavy atom. The van der Waals surface area contributed by atoms with Gasteiger partial charge in [-0.05, 0) is 24.6 Å². The molecule has 8 heteroatoms. The molecule has 0 saturated heterocycles. The smallest absolute Gasteiger partial charge is 0.269 e. The zero-order valence-electron chi connectivity index (χ0n) is 13.7. The highest BCUT2D eigenvalue weighted by Crippen LogP contribution is 2.36. The maximum Gasteiger partial charge on any atom is 0.269 e. The van der Waals surface area contributed by atoms with Crippen LogP contribution in [0.25, 0.3) is 5.69 Å². The average molecular weight is 356 g/mol. The van der Waals surface area contributed by atoms with Crippen LogP contribution in [0.2, 0.25) is 0 Å². The molecule has 0 aliphatic heterocycles. The van der Waals surface area contributed by atoms with E-state index in [4.69, 9.17) is 4.74 Å². The molecule has 0 bridgehead atoms. The third-order valence-corrected chi connectivity index (χ3v) is 4.81. The molecule has 2 aromatic carbocycles. The van der Waals surface area contributed by atoms with Gasteiger partial charge in [-0.25, -0.2) is 0 Å². The Kier molecular flexibility index (Phi) is 4.99. The van der Waals surface area contributed by atoms with Crippen LogP contribution in [-0.2, 0) is 0 Å². The summed E-state index contributed by atoms with van der Waals surface area (Å²) in [6.45, 7) is 1.98. The fraction of sp³-hybridized carbons (Fsp3) is 0.176. The van der Waals surface area contributed by atoms with Gasteiger partial charge in [0.2, 0.25) is 0 Å². The Morgan fingerprint density at radius 3 is 2.80 bits per heavy atom. The van der Waals surface area contributed by atoms with Gasteiger partial charge in [-0.2, -0.15) is 0 Å². The van der Waals surface area contributed by atoms with Gasteiger partial charge in [0.1, 0.15) is 12.1 Å². The number of rotatable bonds is 6. The Morgan fingerprint density at radius 2 is 2.04 bits per heavy atom. The van der Waals surface area contributed by atoms with Gasteiger partial charge in [0, 0.05) is 17.4 Å². The van der Waals surface area contributed by atoms with Gasteiger partial charge < -0.3 is 4.74 Å². The van der Waals surface area contributed by atoms with Crippen molar-refractivity contribution >= 4 is 17.4 Å². The Balaban J connectivity index is 1.89. The Bertz CT molecular complexity index is 897. The third-order valence-electron chi connectivity index (χ3n) is 3.69. The molecule has 128 valence electrons. The molecular formula is C17H16N4O3S. The molecule has 25 heavy (non-hydrogen) atoms. The van der Waals surface area contributed by atoms with E-state index in [1.807, 2.05) is 41.8 Å². The average Bonchev–Trinajstić information content (AvgIpc) is 3.09. The number of aromatic nitrogens is 3. The number of hydrogen-bond donors (Lipinski definition) is 0. The first-order chi connectivity index (χ1) is 12.1. The second-order valence-electron chi connectivity index (χ2n) is 5.27. The van der Waals surface area contributed by atoms with Crippen LogP contribution in [0.5, 0.6) is 5.75 Å². The lowest BCUT2D eigenvalue weighted by atomic mass is 10.1. The minimum atomic E-state index is -0.391. The number of ether oxygens (including phenoxy) is 1. The van der Waals surface area contributed by atoms with E-state index < -0.39 is 4.92 Å². The van der Waals surface area contributed by atoms with Crippen LogP contribution in [0.3, 0.4) is 0 Å². The maximum atomic E-state index is 11.0. The zero-order chi connectivity index (χ0) is 17.8. The molecule has 0 aliphatic carbocycles. The van der Waals surface area contributed by atoms with E-state index in [1.165, 1.54) is 17.8 Å². The monoisotopic (exact) mass is 356 g/mol. The summed E-state index contributed by atoms with van der Waals surface area (Å²) < 4.78 is 7.24. The molecule has 3 aromatic rings. The number of non-ortho nitro benzene ring substituents is 1. The molecule has 1 aromatic heterocycles. The molecule has 0 spiro atoms. The molecule has 0 amide bonds. The molecule has 0 N–H and O–H groups in total. The van der Waals surface area contributed by atoms with Gasteiger partial charge in [-0.15, -0.1) is 10.2 Å². The first-order valence-corrected chi connectivity index (χ1v) is 8.42. The largest absolute Gasteiger partial charge is 0.495 e. The van der Waals surface area contributed by atoms with Crippen LogP contribution < -0.4 is 4.74 Å². The van der Waals surface area contributed by atoms with Gasteiger partial charge in [-0.3, -0.25) is 14.7 Å². The molecule has 0 saturated carbocycles. The van der Waals surface area contributed by atoms with Crippen molar-refractivity contribution in [1.82, 2.24) is 14.8 Å². The molecule has 1 heterocycles. The molecule has 0 aliphatic rings. The predicted octanol–water partition coefficient (Wildman–Crippen LogP) is 4.04. The van der Waals surface area contributed by atoms with E-state index in [2.05, 4.69) is 10.2 Å². The highest BCUT2D eigenvalue weighted by atomic mass is 32.2. The summed E-state index contributed by atoms with van der Waals surface area (Å²) in [4.78, 5) is 10.6. The summed E-state index contributed by atoms with van der Waals surface area (Å²) >= 11 is 1.48. The van der Waals surface area contributed by atoms with Gasteiger partial charge in [0.15, 0.2) is 5.16 Å². The van der Waals surface area contributed by atoms with Gasteiger partial charge in [0.05, 0.1) is 17.7 Å². The van der Waals surface area contributed by atoms with Gasteiger partial charge in [0.25, 0.3) is 5.69 Å². The predicted molar refractivity (Wildman–Crippen MR) is 95.3 cm³/mol. The topological polar surface area (TPSA) is 83.1 Å². The summed E-state index contributed by atoms with van der Waals surface area (Å²) in [5, 5.41) is 19.8. The molecule has 0 unspecified atom stereocenters. The van der Waals surface area contributed by atoms with E-state index >= 15 is 0 Å². The number of para-hydroxylation sites is 2. The third kappa shape index (κ3) is 3.63. The van der Waals surface area contributed by atoms with E-state index in [-0.39, 0.29) is 10.9 Å². The first-order valence-electron chi connectivity index (χ1n) is 7.54. The lowest BCUT2D eigenvalue weighted by molar-refractivity contribution is -0.384. The molecule has 7 nitrogen and oxygen atoms in total. The van der Waals surface area contributed by atoms with Crippen molar-refractivity contribution in [2.45, 2.75) is 17.3 Å². The summed E-state index contributed by atoms with van der Waals surface area (Å²) in [6.07, 6.45) is 1.63. The van der Waals surface area contributed by atoms with Crippen molar-refractivity contribution in [2.75, 3.05) is 7.11 Å². The standard InChI is InChI=1S/C17H16N4O3S/c1-12(13-6-5-7-14(10-13)21(22)23)25-17-19-18-11-20(17)15-8-3-4-9-16(15)24-2/h3-12H,1-2H3/t12-/m1/s1. The van der Waals surface area contributed by atoms with Gasteiger partial charge in [-0.1, -0.05) is 36.0 Å². The fourth-order valence-electron chi connectivity index (χ4n) is 2.42. The Labute approximate surface area is 148 Å². The number of benzene rings is 2. The van der Waals surface area contributed by atoms with Crippen LogP contribution in [-0.4, -0.2) is 26.8 Å². The fourth-order valence-corrected chi connectivity index (χ4v) is 3.37. The molecule has 3 rings (SSSR count). The van der Waals surface area contributed by atoms with Crippen molar-refractivity contribution in [2.24, 2.45) is 0 Å². The molecular weight excluding hydrogens is 340 g/mol. The summed E-state index contributed by atoms with van der Waals surface area (Å²) in [5.74, 6) is 0.715. The second kappa shape index (κ2) is 7.35. The number of nitro groups is 1. The van der Waals surface area contributed by atoms with Crippen LogP contribution in [0.4, 0.5) is 5.69 Å². The molecule has 0 fully saturated rings. The quantitative estimate of drug-likeness (QED) is 0.377. The van der Waals surface area contributed by atoms with Crippen LogP contribution >= 0.6 is 11.8 Å². The van der Waals surface area contributed by atoms with Crippen LogP contribution in [0.15, 0.2) is 60.0 Å². The highest BCUT2D eigenvalue weighted by Gasteiger charge is 2.17. The molecule has 0 radical (unpaired) electrons. The van der Waals surface area contributed by atoms with Crippen LogP contribution in [0.1, 0.15) is 17.7 Å². The number of hydrogen-bond acceptors (Lipinski definition) is 6. The van der Waals surface area contributed by atoms with Crippen LogP contribution in [0, 0.1) is 10.1 Å². The normalized spacial score (nSPS) is 11.9. The van der Waals surface area contributed by atoms with E-state index in [0.717, 1.165) is 11.3 Å². The van der Waals surface area contributed by atoms with Crippen molar-refractivity contribution in [3.8, 4) is 11.4 Å². The van der Waals surface area contributed by atoms with Crippen molar-refractivity contribution in [3.05, 3.63) is 70.5 Å². The van der Waals surface area contributed by atoms with E-state index in [0.29, 0.717) is 10.9 Å². The van der Waals surface area contributed by atoms with Gasteiger partial charge >= 0.3 is 0 Å². The lowest BCUT2D eigenvalue weighted by Crippen LogP contribution is -2.00. The minimum Gasteiger partial charge on any atom is -0.495 e. The Hall–Kier alpha value is -2.87. The number of methoxy groups -OCH3 is 1. The summed E-state index contributed by atoms with van der Waals surface area (Å²) in [5.41, 5.74) is 1.77. The highest BCUT2D eigenvalue weighted by molar-refractivity contribution is 7.99. The van der Waals surface area contributed by atoms with E-state index in [1.54, 1.807) is 25.6 Å². The second-order valence-corrected chi connectivity index (χ2v) is 6.58. The molecule has 1 atom stereocenters. The van der Waals surface area contributed by atoms with Crippen molar-refractivity contribution in [1.29, 1.82) is 0 Å². The summed E-state index contributed by atoms with van der Waals surface area (Å²) in [7, 11) is 1.61. The summed E-state index contributed by atoms with van der Waals surface area (Å²) in [6, 6.07) is 14.2. The first kappa shape index (κ1) is 17.0. The van der Waals surface area contributed by atoms with Crippen molar-refractivity contribution in [3.63, 3.8) is 0 Å².